The molecule has 1 saturated carbocycles. The lowest BCUT2D eigenvalue weighted by atomic mass is 9.97. The minimum absolute atomic E-state index is 0.0225. The molecule has 1 heterocycles. The number of hydrogen-bond donors (Lipinski definition) is 1. The molecule has 0 radical (unpaired) electrons. The SMILES string of the molecule is CCOCCN1C(=O)C(CC(C)C)NC(=O)C1C1CC1. The zero-order valence-corrected chi connectivity index (χ0v) is 12.7. The van der Waals surface area contributed by atoms with E-state index in [0.717, 1.165) is 12.8 Å². The van der Waals surface area contributed by atoms with E-state index in [0.29, 0.717) is 38.0 Å². The summed E-state index contributed by atoms with van der Waals surface area (Å²) in [5.74, 6) is 0.820. The molecule has 2 aliphatic rings. The summed E-state index contributed by atoms with van der Waals surface area (Å²) in [5.41, 5.74) is 0. The van der Waals surface area contributed by atoms with Crippen molar-refractivity contribution in [2.75, 3.05) is 19.8 Å². The van der Waals surface area contributed by atoms with Crippen LogP contribution in [0.15, 0.2) is 0 Å². The molecule has 1 saturated heterocycles. The number of nitrogens with zero attached hydrogens (tertiary/aromatic N) is 1. The lowest BCUT2D eigenvalue weighted by Gasteiger charge is -2.39. The quantitative estimate of drug-likeness (QED) is 0.713. The molecule has 2 amide bonds. The summed E-state index contributed by atoms with van der Waals surface area (Å²) in [6.45, 7) is 7.74. The van der Waals surface area contributed by atoms with Crippen molar-refractivity contribution in [2.24, 2.45) is 11.8 Å². The molecule has 2 atom stereocenters. The van der Waals surface area contributed by atoms with E-state index in [4.69, 9.17) is 4.74 Å². The number of carbonyl (C=O) groups excluding carboxylic acids is 2. The normalized spacial score (nSPS) is 27.1. The Bertz CT molecular complexity index is 366. The van der Waals surface area contributed by atoms with Crippen molar-refractivity contribution < 1.29 is 14.3 Å². The highest BCUT2D eigenvalue weighted by molar-refractivity contribution is 5.97. The van der Waals surface area contributed by atoms with Crippen LogP contribution in [0.5, 0.6) is 0 Å². The van der Waals surface area contributed by atoms with Gasteiger partial charge in [-0.15, -0.1) is 0 Å². The minimum Gasteiger partial charge on any atom is -0.380 e. The first-order valence-corrected chi connectivity index (χ1v) is 7.73. The maximum atomic E-state index is 12.6. The summed E-state index contributed by atoms with van der Waals surface area (Å²) < 4.78 is 5.36. The summed E-state index contributed by atoms with van der Waals surface area (Å²) in [4.78, 5) is 26.7. The van der Waals surface area contributed by atoms with Gasteiger partial charge >= 0.3 is 0 Å². The second kappa shape index (κ2) is 6.57. The fourth-order valence-corrected chi connectivity index (χ4v) is 2.87. The van der Waals surface area contributed by atoms with Crippen LogP contribution in [0, 0.1) is 11.8 Å². The molecule has 20 heavy (non-hydrogen) atoms. The number of piperazine rings is 1. The van der Waals surface area contributed by atoms with Gasteiger partial charge in [0.25, 0.3) is 0 Å². The Kier molecular flexibility index (Phi) is 5.02. The molecule has 1 aliphatic heterocycles. The molecule has 0 spiro atoms. The van der Waals surface area contributed by atoms with E-state index < -0.39 is 0 Å². The van der Waals surface area contributed by atoms with E-state index in [1.165, 1.54) is 0 Å². The topological polar surface area (TPSA) is 58.6 Å². The molecule has 5 nitrogen and oxygen atoms in total. The highest BCUT2D eigenvalue weighted by Gasteiger charge is 2.47. The molecular formula is C15H26N2O3. The van der Waals surface area contributed by atoms with Crippen molar-refractivity contribution in [1.82, 2.24) is 10.2 Å². The molecular weight excluding hydrogens is 256 g/mol. The highest BCUT2D eigenvalue weighted by Crippen LogP contribution is 2.37. The van der Waals surface area contributed by atoms with Crippen LogP contribution in [0.3, 0.4) is 0 Å². The van der Waals surface area contributed by atoms with Gasteiger partial charge in [0, 0.05) is 13.2 Å². The monoisotopic (exact) mass is 282 g/mol. The van der Waals surface area contributed by atoms with Gasteiger partial charge in [0.15, 0.2) is 0 Å². The van der Waals surface area contributed by atoms with Gasteiger partial charge < -0.3 is 15.0 Å². The van der Waals surface area contributed by atoms with Gasteiger partial charge in [0.1, 0.15) is 12.1 Å². The molecule has 0 aromatic heterocycles. The van der Waals surface area contributed by atoms with Crippen molar-refractivity contribution in [1.29, 1.82) is 0 Å². The maximum absolute atomic E-state index is 12.6. The number of amides is 2. The summed E-state index contributed by atoms with van der Waals surface area (Å²) in [6, 6.07) is -0.634. The largest absolute Gasteiger partial charge is 0.380 e. The molecule has 1 aliphatic carbocycles. The van der Waals surface area contributed by atoms with Gasteiger partial charge in [-0.3, -0.25) is 9.59 Å². The van der Waals surface area contributed by atoms with E-state index in [2.05, 4.69) is 19.2 Å². The lowest BCUT2D eigenvalue weighted by molar-refractivity contribution is -0.151. The predicted octanol–water partition coefficient (Wildman–Crippen LogP) is 1.17. The molecule has 0 aromatic carbocycles. The van der Waals surface area contributed by atoms with Gasteiger partial charge in [0.2, 0.25) is 11.8 Å². The Hall–Kier alpha value is -1.10. The van der Waals surface area contributed by atoms with Crippen LogP contribution in [-0.2, 0) is 14.3 Å². The smallest absolute Gasteiger partial charge is 0.245 e. The number of carbonyl (C=O) groups is 2. The van der Waals surface area contributed by atoms with Gasteiger partial charge in [-0.2, -0.15) is 0 Å². The van der Waals surface area contributed by atoms with E-state index in [1.54, 1.807) is 4.90 Å². The second-order valence-electron chi connectivity index (χ2n) is 6.20. The number of rotatable bonds is 7. The fraction of sp³-hybridized carbons (Fsp3) is 0.867. The van der Waals surface area contributed by atoms with Gasteiger partial charge in [-0.05, 0) is 38.0 Å². The van der Waals surface area contributed by atoms with Crippen molar-refractivity contribution in [3.05, 3.63) is 0 Å². The van der Waals surface area contributed by atoms with Crippen LogP contribution in [-0.4, -0.2) is 48.6 Å². The first-order valence-electron chi connectivity index (χ1n) is 7.73. The van der Waals surface area contributed by atoms with E-state index in [-0.39, 0.29) is 23.9 Å². The summed E-state index contributed by atoms with van der Waals surface area (Å²) in [6.07, 6.45) is 2.80. The van der Waals surface area contributed by atoms with Crippen LogP contribution in [0.1, 0.15) is 40.0 Å². The molecule has 2 fully saturated rings. The third-order valence-electron chi connectivity index (χ3n) is 3.96. The fourth-order valence-electron chi connectivity index (χ4n) is 2.87. The van der Waals surface area contributed by atoms with Crippen LogP contribution in [0.4, 0.5) is 0 Å². The molecule has 2 unspecified atom stereocenters. The lowest BCUT2D eigenvalue weighted by Crippen LogP contribution is -2.64. The number of hydrogen-bond acceptors (Lipinski definition) is 3. The van der Waals surface area contributed by atoms with Gasteiger partial charge in [-0.1, -0.05) is 13.8 Å². The zero-order valence-electron chi connectivity index (χ0n) is 12.7. The summed E-state index contributed by atoms with van der Waals surface area (Å²) in [7, 11) is 0. The predicted molar refractivity (Wildman–Crippen MR) is 76.1 cm³/mol. The van der Waals surface area contributed by atoms with Gasteiger partial charge in [0.05, 0.1) is 6.61 Å². The molecule has 5 heteroatoms. The Morgan fingerprint density at radius 3 is 2.60 bits per heavy atom. The molecule has 1 N–H and O–H groups in total. The Labute approximate surface area is 121 Å². The van der Waals surface area contributed by atoms with Crippen molar-refractivity contribution in [2.45, 2.75) is 52.1 Å². The van der Waals surface area contributed by atoms with Crippen LogP contribution < -0.4 is 5.32 Å². The highest BCUT2D eigenvalue weighted by atomic mass is 16.5. The summed E-state index contributed by atoms with van der Waals surface area (Å²) in [5, 5.41) is 2.92. The van der Waals surface area contributed by atoms with Crippen molar-refractivity contribution in [3.63, 3.8) is 0 Å². The molecule has 0 aromatic rings. The number of nitrogens with one attached hydrogen (secondary N) is 1. The maximum Gasteiger partial charge on any atom is 0.245 e. The average Bonchev–Trinajstić information content (AvgIpc) is 3.18. The van der Waals surface area contributed by atoms with Crippen LogP contribution in [0.2, 0.25) is 0 Å². The second-order valence-corrected chi connectivity index (χ2v) is 6.20. The molecule has 114 valence electrons. The van der Waals surface area contributed by atoms with Crippen molar-refractivity contribution in [3.8, 4) is 0 Å². The van der Waals surface area contributed by atoms with E-state index in [9.17, 15) is 9.59 Å². The third-order valence-corrected chi connectivity index (χ3v) is 3.96. The summed E-state index contributed by atoms with van der Waals surface area (Å²) >= 11 is 0. The van der Waals surface area contributed by atoms with Crippen molar-refractivity contribution >= 4 is 11.8 Å². The minimum atomic E-state index is -0.362. The van der Waals surface area contributed by atoms with E-state index >= 15 is 0 Å². The Morgan fingerprint density at radius 1 is 1.35 bits per heavy atom. The van der Waals surface area contributed by atoms with Crippen LogP contribution in [0.25, 0.3) is 0 Å². The van der Waals surface area contributed by atoms with E-state index in [1.807, 2.05) is 6.92 Å². The zero-order chi connectivity index (χ0) is 14.7. The van der Waals surface area contributed by atoms with Gasteiger partial charge in [-0.25, -0.2) is 0 Å². The molecule has 0 bridgehead atoms. The standard InChI is InChI=1S/C15H26N2O3/c1-4-20-8-7-17-13(11-5-6-11)14(18)16-12(15(17)19)9-10(2)3/h10-13H,4-9H2,1-3H3,(H,16,18). The third kappa shape index (κ3) is 3.51. The average molecular weight is 282 g/mol. The first kappa shape index (κ1) is 15.3. The first-order chi connectivity index (χ1) is 9.54. The Morgan fingerprint density at radius 2 is 2.05 bits per heavy atom. The van der Waals surface area contributed by atoms with Crippen LogP contribution >= 0.6 is 0 Å². The Balaban J connectivity index is 2.06. The number of ether oxygens (including phenoxy) is 1. The molecule has 2 rings (SSSR count).